The van der Waals surface area contributed by atoms with Crippen molar-refractivity contribution in [1.29, 1.82) is 0 Å². The van der Waals surface area contributed by atoms with Crippen molar-refractivity contribution in [1.82, 2.24) is 10.2 Å². The Kier molecular flexibility index (Phi) is 6.36. The molecule has 5 nitrogen and oxygen atoms in total. The molecule has 1 saturated heterocycles. The van der Waals surface area contributed by atoms with E-state index in [4.69, 9.17) is 16.3 Å². The van der Waals surface area contributed by atoms with E-state index in [9.17, 15) is 4.79 Å². The van der Waals surface area contributed by atoms with Gasteiger partial charge in [-0.15, -0.1) is 0 Å². The van der Waals surface area contributed by atoms with Gasteiger partial charge in [-0.1, -0.05) is 29.8 Å². The van der Waals surface area contributed by atoms with Crippen LogP contribution in [-0.4, -0.2) is 50.6 Å². The number of nitrogens with zero attached hydrogens (tertiary/aromatic N) is 2. The summed E-state index contributed by atoms with van der Waals surface area (Å²) in [7, 11) is 1.67. The van der Waals surface area contributed by atoms with Gasteiger partial charge in [-0.25, -0.2) is 0 Å². The van der Waals surface area contributed by atoms with Crippen molar-refractivity contribution in [2.24, 2.45) is 0 Å². The molecule has 0 atom stereocenters. The number of carbonyl (C=O) groups excluding carboxylic acids is 1. The minimum Gasteiger partial charge on any atom is -0.497 e. The van der Waals surface area contributed by atoms with Crippen molar-refractivity contribution in [3.8, 4) is 5.75 Å². The Hall–Kier alpha value is -2.24. The molecular formula is C20H24ClN3O2. The van der Waals surface area contributed by atoms with E-state index in [1.807, 2.05) is 41.3 Å². The molecule has 0 aliphatic carbocycles. The second-order valence-corrected chi connectivity index (χ2v) is 6.67. The molecule has 1 fully saturated rings. The molecular weight excluding hydrogens is 350 g/mol. The van der Waals surface area contributed by atoms with Crippen LogP contribution in [-0.2, 0) is 11.3 Å². The van der Waals surface area contributed by atoms with Crippen LogP contribution in [0.15, 0.2) is 48.5 Å². The molecule has 0 unspecified atom stereocenters. The van der Waals surface area contributed by atoms with Crippen molar-refractivity contribution in [3.05, 3.63) is 59.1 Å². The van der Waals surface area contributed by atoms with Crippen LogP contribution in [0, 0.1) is 0 Å². The third kappa shape index (κ3) is 4.68. The lowest BCUT2D eigenvalue weighted by Crippen LogP contribution is -2.50. The van der Waals surface area contributed by atoms with Gasteiger partial charge in [0.25, 0.3) is 0 Å². The standard InChI is InChI=1S/C20H24ClN3O2/c1-26-18-8-6-17(7-9-18)23-10-12-24(13-11-23)20(25)15-22-14-16-4-2-3-5-19(16)21/h2-9,22H,10-15H2,1H3. The van der Waals surface area contributed by atoms with Gasteiger partial charge in [0, 0.05) is 43.4 Å². The number of anilines is 1. The molecule has 6 heteroatoms. The molecule has 0 aromatic heterocycles. The Labute approximate surface area is 159 Å². The van der Waals surface area contributed by atoms with E-state index in [1.54, 1.807) is 7.11 Å². The molecule has 1 amide bonds. The maximum atomic E-state index is 12.4. The van der Waals surface area contributed by atoms with Gasteiger partial charge in [0.2, 0.25) is 5.91 Å². The highest BCUT2D eigenvalue weighted by Crippen LogP contribution is 2.20. The quantitative estimate of drug-likeness (QED) is 0.845. The fraction of sp³-hybridized carbons (Fsp3) is 0.350. The number of carbonyl (C=O) groups is 1. The van der Waals surface area contributed by atoms with Gasteiger partial charge in [-0.05, 0) is 35.9 Å². The van der Waals surface area contributed by atoms with Crippen LogP contribution >= 0.6 is 11.6 Å². The van der Waals surface area contributed by atoms with E-state index in [-0.39, 0.29) is 5.91 Å². The number of hydrogen-bond acceptors (Lipinski definition) is 4. The number of benzene rings is 2. The fourth-order valence-corrected chi connectivity index (χ4v) is 3.27. The van der Waals surface area contributed by atoms with E-state index in [2.05, 4.69) is 22.3 Å². The third-order valence-electron chi connectivity index (χ3n) is 4.62. The minimum atomic E-state index is 0.131. The van der Waals surface area contributed by atoms with Crippen LogP contribution in [0.1, 0.15) is 5.56 Å². The molecule has 1 aliphatic heterocycles. The first-order valence-corrected chi connectivity index (χ1v) is 9.16. The maximum Gasteiger partial charge on any atom is 0.236 e. The average molecular weight is 374 g/mol. The zero-order valence-electron chi connectivity index (χ0n) is 15.0. The number of rotatable bonds is 6. The minimum absolute atomic E-state index is 0.131. The molecule has 1 heterocycles. The average Bonchev–Trinajstić information content (AvgIpc) is 2.69. The maximum absolute atomic E-state index is 12.4. The van der Waals surface area contributed by atoms with Gasteiger partial charge in [0.05, 0.1) is 13.7 Å². The molecule has 1 aliphatic rings. The number of nitrogens with one attached hydrogen (secondary N) is 1. The van der Waals surface area contributed by atoms with Crippen molar-refractivity contribution in [3.63, 3.8) is 0 Å². The number of ether oxygens (including phenoxy) is 1. The lowest BCUT2D eigenvalue weighted by atomic mass is 10.2. The lowest BCUT2D eigenvalue weighted by Gasteiger charge is -2.36. The number of amides is 1. The van der Waals surface area contributed by atoms with Crippen molar-refractivity contribution >= 4 is 23.2 Å². The van der Waals surface area contributed by atoms with E-state index in [0.29, 0.717) is 13.1 Å². The number of halogens is 1. The molecule has 3 rings (SSSR count). The summed E-state index contributed by atoms with van der Waals surface area (Å²) in [6.45, 7) is 4.06. The first-order valence-electron chi connectivity index (χ1n) is 8.78. The Balaban J connectivity index is 1.43. The predicted molar refractivity (Wildman–Crippen MR) is 105 cm³/mol. The molecule has 0 radical (unpaired) electrons. The van der Waals surface area contributed by atoms with Crippen LogP contribution in [0.2, 0.25) is 5.02 Å². The normalized spacial score (nSPS) is 14.4. The van der Waals surface area contributed by atoms with Gasteiger partial charge in [0.15, 0.2) is 0 Å². The van der Waals surface area contributed by atoms with E-state index in [1.165, 1.54) is 0 Å². The van der Waals surface area contributed by atoms with Gasteiger partial charge in [-0.2, -0.15) is 0 Å². The van der Waals surface area contributed by atoms with Crippen LogP contribution < -0.4 is 15.0 Å². The first kappa shape index (κ1) is 18.5. The van der Waals surface area contributed by atoms with Crippen molar-refractivity contribution in [2.45, 2.75) is 6.54 Å². The van der Waals surface area contributed by atoms with E-state index >= 15 is 0 Å². The SMILES string of the molecule is COc1ccc(N2CCN(C(=O)CNCc3ccccc3Cl)CC2)cc1. The predicted octanol–water partition coefficient (Wildman–Crippen LogP) is 2.79. The second-order valence-electron chi connectivity index (χ2n) is 6.26. The highest BCUT2D eigenvalue weighted by Gasteiger charge is 2.21. The van der Waals surface area contributed by atoms with Crippen molar-refractivity contribution < 1.29 is 9.53 Å². The summed E-state index contributed by atoms with van der Waals surface area (Å²) >= 11 is 6.13. The molecule has 138 valence electrons. The zero-order valence-corrected chi connectivity index (χ0v) is 15.7. The number of hydrogen-bond donors (Lipinski definition) is 1. The largest absolute Gasteiger partial charge is 0.497 e. The number of methoxy groups -OCH3 is 1. The first-order chi connectivity index (χ1) is 12.7. The van der Waals surface area contributed by atoms with Gasteiger partial charge in [0.1, 0.15) is 5.75 Å². The molecule has 26 heavy (non-hydrogen) atoms. The Morgan fingerprint density at radius 2 is 1.77 bits per heavy atom. The van der Waals surface area contributed by atoms with Gasteiger partial charge in [-0.3, -0.25) is 4.79 Å². The zero-order chi connectivity index (χ0) is 18.4. The smallest absolute Gasteiger partial charge is 0.236 e. The van der Waals surface area contributed by atoms with Crippen LogP contribution in [0.4, 0.5) is 5.69 Å². The van der Waals surface area contributed by atoms with Crippen molar-refractivity contribution in [2.75, 3.05) is 44.7 Å². The highest BCUT2D eigenvalue weighted by molar-refractivity contribution is 6.31. The van der Waals surface area contributed by atoms with Gasteiger partial charge < -0.3 is 19.9 Å². The summed E-state index contributed by atoms with van der Waals surface area (Å²) in [4.78, 5) is 16.6. The van der Waals surface area contributed by atoms with Crippen LogP contribution in [0.25, 0.3) is 0 Å². The molecule has 0 bridgehead atoms. The Morgan fingerprint density at radius 3 is 2.42 bits per heavy atom. The second kappa shape index (κ2) is 8.92. The molecule has 2 aromatic carbocycles. The fourth-order valence-electron chi connectivity index (χ4n) is 3.06. The molecule has 2 aromatic rings. The summed E-state index contributed by atoms with van der Waals surface area (Å²) in [6, 6.07) is 15.7. The summed E-state index contributed by atoms with van der Waals surface area (Å²) < 4.78 is 5.20. The summed E-state index contributed by atoms with van der Waals surface area (Å²) in [5, 5.41) is 3.91. The molecule has 0 spiro atoms. The monoisotopic (exact) mass is 373 g/mol. The van der Waals surface area contributed by atoms with E-state index in [0.717, 1.165) is 48.2 Å². The Bertz CT molecular complexity index is 728. The molecule has 1 N–H and O–H groups in total. The topological polar surface area (TPSA) is 44.8 Å². The lowest BCUT2D eigenvalue weighted by molar-refractivity contribution is -0.130. The van der Waals surface area contributed by atoms with Crippen LogP contribution in [0.3, 0.4) is 0 Å². The van der Waals surface area contributed by atoms with Gasteiger partial charge >= 0.3 is 0 Å². The Morgan fingerprint density at radius 1 is 1.08 bits per heavy atom. The summed E-state index contributed by atoms with van der Waals surface area (Å²) in [5.41, 5.74) is 2.17. The number of piperazine rings is 1. The summed E-state index contributed by atoms with van der Waals surface area (Å²) in [6.07, 6.45) is 0. The van der Waals surface area contributed by atoms with E-state index < -0.39 is 0 Å². The third-order valence-corrected chi connectivity index (χ3v) is 4.99. The highest BCUT2D eigenvalue weighted by atomic mass is 35.5. The van der Waals surface area contributed by atoms with Crippen LogP contribution in [0.5, 0.6) is 5.75 Å². The molecule has 0 saturated carbocycles. The summed E-state index contributed by atoms with van der Waals surface area (Å²) in [5.74, 6) is 0.985.